The van der Waals surface area contributed by atoms with Crippen LogP contribution in [0.3, 0.4) is 0 Å². The van der Waals surface area contributed by atoms with Crippen LogP contribution in [0.5, 0.6) is 0 Å². The first-order chi connectivity index (χ1) is 9.20. The number of nitrogens with zero attached hydrogens (tertiary/aromatic N) is 2. The van der Waals surface area contributed by atoms with Gasteiger partial charge >= 0.3 is 0 Å². The summed E-state index contributed by atoms with van der Waals surface area (Å²) in [6, 6.07) is 3.30. The van der Waals surface area contributed by atoms with Gasteiger partial charge in [0.15, 0.2) is 0 Å². The van der Waals surface area contributed by atoms with Gasteiger partial charge in [-0.2, -0.15) is 11.3 Å². The zero-order valence-electron chi connectivity index (χ0n) is 10.6. The average Bonchev–Trinajstić information content (AvgIpc) is 2.94. The Bertz CT molecular complexity index is 605. The summed E-state index contributed by atoms with van der Waals surface area (Å²) in [6.07, 6.45) is 2.27. The Balaban J connectivity index is 1.89. The lowest BCUT2D eigenvalue weighted by molar-refractivity contribution is 0.0952. The number of thiophene rings is 1. The summed E-state index contributed by atoms with van der Waals surface area (Å²) in [6.45, 7) is 2.78. The third-order valence-electron chi connectivity index (χ3n) is 2.72. The molecule has 2 aromatic rings. The van der Waals surface area contributed by atoms with Crippen molar-refractivity contribution in [3.63, 3.8) is 0 Å². The van der Waals surface area contributed by atoms with Gasteiger partial charge in [0.05, 0.1) is 6.33 Å². The van der Waals surface area contributed by atoms with Gasteiger partial charge < -0.3 is 5.32 Å². The van der Waals surface area contributed by atoms with Gasteiger partial charge in [-0.3, -0.25) is 14.2 Å². The van der Waals surface area contributed by atoms with Crippen molar-refractivity contribution in [2.24, 2.45) is 0 Å². The van der Waals surface area contributed by atoms with E-state index < -0.39 is 0 Å². The Hall–Kier alpha value is -1.95. The fraction of sp³-hybridized carbons (Fsp3) is 0.308. The van der Waals surface area contributed by atoms with Crippen LogP contribution in [0.4, 0.5) is 0 Å². The molecule has 0 bridgehead atoms. The van der Waals surface area contributed by atoms with Gasteiger partial charge in [0.1, 0.15) is 0 Å². The Morgan fingerprint density at radius 1 is 1.53 bits per heavy atom. The van der Waals surface area contributed by atoms with Crippen LogP contribution in [-0.2, 0) is 13.0 Å². The van der Waals surface area contributed by atoms with Gasteiger partial charge in [-0.15, -0.1) is 0 Å². The molecule has 0 saturated carbocycles. The first-order valence-electron chi connectivity index (χ1n) is 6.06. The highest BCUT2D eigenvalue weighted by molar-refractivity contribution is 7.08. The first-order valence-corrected chi connectivity index (χ1v) is 7.00. The Labute approximate surface area is 114 Å². The molecule has 1 N–H and O–H groups in total. The maximum atomic E-state index is 11.7. The summed E-state index contributed by atoms with van der Waals surface area (Å²) in [5.41, 5.74) is 1.34. The van der Waals surface area contributed by atoms with Gasteiger partial charge in [-0.25, -0.2) is 4.98 Å². The van der Waals surface area contributed by atoms with Gasteiger partial charge in [0, 0.05) is 35.8 Å². The number of carbonyl (C=O) groups is 1. The summed E-state index contributed by atoms with van der Waals surface area (Å²) >= 11 is 1.48. The molecule has 0 aromatic carbocycles. The van der Waals surface area contributed by atoms with Crippen LogP contribution >= 0.6 is 11.3 Å². The molecule has 2 heterocycles. The molecular weight excluding hydrogens is 262 g/mol. The summed E-state index contributed by atoms with van der Waals surface area (Å²) in [5.74, 6) is -0.118. The van der Waals surface area contributed by atoms with E-state index in [1.165, 1.54) is 28.3 Å². The first kappa shape index (κ1) is 13.5. The molecule has 100 valence electrons. The van der Waals surface area contributed by atoms with Crippen molar-refractivity contribution >= 4 is 17.2 Å². The molecule has 0 atom stereocenters. The normalized spacial score (nSPS) is 10.4. The molecule has 5 nitrogen and oxygen atoms in total. The molecule has 19 heavy (non-hydrogen) atoms. The van der Waals surface area contributed by atoms with E-state index >= 15 is 0 Å². The van der Waals surface area contributed by atoms with E-state index in [4.69, 9.17) is 0 Å². The quantitative estimate of drug-likeness (QED) is 0.896. The molecule has 0 aliphatic carbocycles. The monoisotopic (exact) mass is 277 g/mol. The van der Waals surface area contributed by atoms with E-state index in [1.54, 1.807) is 11.4 Å². The van der Waals surface area contributed by atoms with Crippen LogP contribution in [0.15, 0.2) is 34.0 Å². The van der Waals surface area contributed by atoms with Gasteiger partial charge in [0.2, 0.25) is 0 Å². The molecule has 6 heteroatoms. The summed E-state index contributed by atoms with van der Waals surface area (Å²) < 4.78 is 1.49. The third kappa shape index (κ3) is 3.51. The lowest BCUT2D eigenvalue weighted by Gasteiger charge is -2.07. The van der Waals surface area contributed by atoms with Crippen molar-refractivity contribution in [1.29, 1.82) is 0 Å². The number of amides is 1. The van der Waals surface area contributed by atoms with E-state index in [9.17, 15) is 9.59 Å². The largest absolute Gasteiger partial charge is 0.350 e. The lowest BCUT2D eigenvalue weighted by atomic mass is 10.3. The molecule has 0 aliphatic heterocycles. The smallest absolute Gasteiger partial charge is 0.253 e. The SMILES string of the molecule is CCc1cc(=O)n(CCNC(=O)c2ccsc2)cn1. The van der Waals surface area contributed by atoms with Crippen molar-refractivity contribution in [2.75, 3.05) is 6.54 Å². The van der Waals surface area contributed by atoms with Crippen LogP contribution < -0.4 is 10.9 Å². The second-order valence-electron chi connectivity index (χ2n) is 4.03. The van der Waals surface area contributed by atoms with E-state index in [-0.39, 0.29) is 11.5 Å². The van der Waals surface area contributed by atoms with Gasteiger partial charge in [0.25, 0.3) is 11.5 Å². The Morgan fingerprint density at radius 3 is 3.00 bits per heavy atom. The highest BCUT2D eigenvalue weighted by Gasteiger charge is 2.05. The topological polar surface area (TPSA) is 64.0 Å². The van der Waals surface area contributed by atoms with Crippen molar-refractivity contribution in [2.45, 2.75) is 19.9 Å². The Morgan fingerprint density at radius 2 is 2.37 bits per heavy atom. The van der Waals surface area contributed by atoms with Crippen LogP contribution in [0.25, 0.3) is 0 Å². The third-order valence-corrected chi connectivity index (χ3v) is 3.40. The van der Waals surface area contributed by atoms with Crippen molar-refractivity contribution in [1.82, 2.24) is 14.9 Å². The molecule has 0 saturated heterocycles. The molecule has 1 amide bonds. The zero-order chi connectivity index (χ0) is 13.7. The van der Waals surface area contributed by atoms with E-state index in [2.05, 4.69) is 10.3 Å². The number of nitrogens with one attached hydrogen (secondary N) is 1. The second kappa shape index (κ2) is 6.29. The maximum Gasteiger partial charge on any atom is 0.253 e. The second-order valence-corrected chi connectivity index (χ2v) is 4.81. The van der Waals surface area contributed by atoms with Crippen LogP contribution in [-0.4, -0.2) is 22.0 Å². The molecule has 0 unspecified atom stereocenters. The molecule has 2 rings (SSSR count). The van der Waals surface area contributed by atoms with E-state index in [0.717, 1.165) is 12.1 Å². The number of aromatic nitrogens is 2. The number of aryl methyl sites for hydroxylation is 1. The number of rotatable bonds is 5. The molecule has 0 fully saturated rings. The predicted octanol–water partition coefficient (Wildman–Crippen LogP) is 1.30. The lowest BCUT2D eigenvalue weighted by Crippen LogP contribution is -2.30. The standard InChI is InChI=1S/C13H15N3O2S/c1-2-11-7-12(17)16(9-15-11)5-4-14-13(18)10-3-6-19-8-10/h3,6-9H,2,4-5H2,1H3,(H,14,18). The number of carbonyl (C=O) groups excluding carboxylic acids is 1. The summed E-state index contributed by atoms with van der Waals surface area (Å²) in [7, 11) is 0. The minimum atomic E-state index is -0.118. The average molecular weight is 277 g/mol. The molecular formula is C13H15N3O2S. The van der Waals surface area contributed by atoms with Crippen LogP contribution in [0.1, 0.15) is 23.0 Å². The van der Waals surface area contributed by atoms with Crippen molar-refractivity contribution < 1.29 is 4.79 Å². The molecule has 0 aliphatic rings. The molecule has 0 spiro atoms. The van der Waals surface area contributed by atoms with Gasteiger partial charge in [-0.1, -0.05) is 6.92 Å². The minimum Gasteiger partial charge on any atom is -0.350 e. The number of hydrogen-bond acceptors (Lipinski definition) is 4. The van der Waals surface area contributed by atoms with Crippen molar-refractivity contribution in [3.8, 4) is 0 Å². The fourth-order valence-electron chi connectivity index (χ4n) is 1.61. The summed E-state index contributed by atoms with van der Waals surface area (Å²) in [5, 5.41) is 6.41. The highest BCUT2D eigenvalue weighted by Crippen LogP contribution is 2.04. The number of hydrogen-bond donors (Lipinski definition) is 1. The maximum absolute atomic E-state index is 11.7. The highest BCUT2D eigenvalue weighted by atomic mass is 32.1. The fourth-order valence-corrected chi connectivity index (χ4v) is 2.25. The molecule has 2 aromatic heterocycles. The Kier molecular flexibility index (Phi) is 4.46. The van der Waals surface area contributed by atoms with E-state index in [1.807, 2.05) is 12.3 Å². The van der Waals surface area contributed by atoms with E-state index in [0.29, 0.717) is 18.7 Å². The summed E-state index contributed by atoms with van der Waals surface area (Å²) in [4.78, 5) is 27.5. The van der Waals surface area contributed by atoms with Crippen LogP contribution in [0, 0.1) is 0 Å². The molecule has 0 radical (unpaired) electrons. The van der Waals surface area contributed by atoms with Crippen molar-refractivity contribution in [3.05, 3.63) is 50.8 Å². The van der Waals surface area contributed by atoms with Gasteiger partial charge in [-0.05, 0) is 17.9 Å². The van der Waals surface area contributed by atoms with Crippen LogP contribution in [0.2, 0.25) is 0 Å². The minimum absolute atomic E-state index is 0.0865. The predicted molar refractivity (Wildman–Crippen MR) is 74.5 cm³/mol. The zero-order valence-corrected chi connectivity index (χ0v) is 11.4.